The second-order valence-corrected chi connectivity index (χ2v) is 9.04. The predicted molar refractivity (Wildman–Crippen MR) is 137 cm³/mol. The summed E-state index contributed by atoms with van der Waals surface area (Å²) in [5.74, 6) is 0. The molecule has 168 valence electrons. The van der Waals surface area contributed by atoms with Crippen LogP contribution in [0.2, 0.25) is 0 Å². The molecule has 0 radical (unpaired) electrons. The zero-order valence-corrected chi connectivity index (χ0v) is 19.2. The van der Waals surface area contributed by atoms with Gasteiger partial charge in [-0.15, -0.1) is 0 Å². The lowest BCUT2D eigenvalue weighted by Crippen LogP contribution is -2.15. The van der Waals surface area contributed by atoms with Crippen LogP contribution in [0.4, 0.5) is 5.69 Å². The van der Waals surface area contributed by atoms with E-state index in [1.165, 1.54) is 23.7 Å². The highest BCUT2D eigenvalue weighted by atomic mass is 15.2. The topological polar surface area (TPSA) is 52.0 Å². The van der Waals surface area contributed by atoms with Gasteiger partial charge in [0.1, 0.15) is 0 Å². The quantitative estimate of drug-likeness (QED) is 0.340. The minimum Gasteiger partial charge on any atom is -0.343 e. The van der Waals surface area contributed by atoms with Gasteiger partial charge in [0, 0.05) is 41.2 Å². The molecule has 1 atom stereocenters. The molecule has 0 saturated carbocycles. The molecule has 5 aromatic rings. The minimum atomic E-state index is 0.476. The van der Waals surface area contributed by atoms with E-state index in [1.54, 1.807) is 0 Å². The minimum absolute atomic E-state index is 0.476. The predicted octanol–water partition coefficient (Wildman–Crippen LogP) is 6.12. The van der Waals surface area contributed by atoms with Gasteiger partial charge in [-0.3, -0.25) is 9.67 Å². The largest absolute Gasteiger partial charge is 0.343 e. The van der Waals surface area contributed by atoms with Crippen LogP contribution in [-0.2, 0) is 7.05 Å². The molecule has 0 spiro atoms. The smallest absolute Gasteiger partial charge is 0.187 e. The lowest BCUT2D eigenvalue weighted by Gasteiger charge is -2.18. The Kier molecular flexibility index (Phi) is 5.12. The highest BCUT2D eigenvalue weighted by Gasteiger charge is 2.20. The summed E-state index contributed by atoms with van der Waals surface area (Å²) >= 11 is 0. The first-order chi connectivity index (χ1) is 16.7. The summed E-state index contributed by atoms with van der Waals surface area (Å²) in [4.78, 5) is 8.61. The average Bonchev–Trinajstić information content (AvgIpc) is 3.36. The third-order valence-electron chi connectivity index (χ3n) is 7.02. The van der Waals surface area contributed by atoms with Gasteiger partial charge in [-0.1, -0.05) is 30.3 Å². The summed E-state index contributed by atoms with van der Waals surface area (Å²) in [6.45, 7) is 9.47. The summed E-state index contributed by atoms with van der Waals surface area (Å²) in [5.41, 5.74) is 7.12. The van der Waals surface area contributed by atoms with Gasteiger partial charge in [-0.2, -0.15) is 5.10 Å². The second kappa shape index (κ2) is 8.44. The molecule has 0 aliphatic carbocycles. The number of nitrogens with one attached hydrogen (secondary N) is 1. The molecule has 3 aromatic heterocycles. The molecular formula is C28H26N6. The highest BCUT2D eigenvalue weighted by Crippen LogP contribution is 2.39. The SMILES string of the molecule is [C-]#[N+]c1ccc(-c2c(-c3ccc4c(cnn4C)c3)ncc3c2ccn3C2CCCNCC2)cc1. The zero-order chi connectivity index (χ0) is 23.1. The van der Waals surface area contributed by atoms with Crippen LogP contribution >= 0.6 is 0 Å². The maximum Gasteiger partial charge on any atom is 0.187 e. The van der Waals surface area contributed by atoms with Crippen LogP contribution in [0, 0.1) is 6.57 Å². The van der Waals surface area contributed by atoms with Crippen LogP contribution in [0.15, 0.2) is 67.1 Å². The Labute approximate surface area is 198 Å². The fraction of sp³-hybridized carbons (Fsp3) is 0.250. The Morgan fingerprint density at radius 3 is 2.68 bits per heavy atom. The van der Waals surface area contributed by atoms with E-state index < -0.39 is 0 Å². The van der Waals surface area contributed by atoms with Crippen LogP contribution in [-0.4, -0.2) is 32.4 Å². The first-order valence-electron chi connectivity index (χ1n) is 11.8. The van der Waals surface area contributed by atoms with Crippen molar-refractivity contribution in [1.82, 2.24) is 24.6 Å². The van der Waals surface area contributed by atoms with Crippen molar-refractivity contribution in [2.75, 3.05) is 13.1 Å². The molecule has 1 saturated heterocycles. The lowest BCUT2D eigenvalue weighted by molar-refractivity contribution is 0.467. The number of fused-ring (bicyclic) bond motifs is 2. The monoisotopic (exact) mass is 446 g/mol. The van der Waals surface area contributed by atoms with Gasteiger partial charge in [-0.25, -0.2) is 4.85 Å². The van der Waals surface area contributed by atoms with Crippen LogP contribution in [0.5, 0.6) is 0 Å². The fourth-order valence-electron chi connectivity index (χ4n) is 5.25. The van der Waals surface area contributed by atoms with E-state index in [0.717, 1.165) is 52.8 Å². The number of aryl methyl sites for hydroxylation is 1. The molecule has 1 N–H and O–H groups in total. The Hall–Kier alpha value is -3.95. The summed E-state index contributed by atoms with van der Waals surface area (Å²) in [6.07, 6.45) is 9.65. The van der Waals surface area contributed by atoms with Crippen molar-refractivity contribution >= 4 is 27.5 Å². The fourth-order valence-corrected chi connectivity index (χ4v) is 5.25. The molecule has 6 nitrogen and oxygen atoms in total. The summed E-state index contributed by atoms with van der Waals surface area (Å²) in [5, 5.41) is 10.2. The maximum atomic E-state index is 7.34. The number of pyridine rings is 1. The molecule has 34 heavy (non-hydrogen) atoms. The van der Waals surface area contributed by atoms with Gasteiger partial charge in [-0.05, 0) is 56.1 Å². The standard InChI is InChI=1S/C28H26N6/c1-29-22-8-5-19(6-9-22)27-24-12-15-34(23-4-3-13-30-14-11-23)26(24)18-31-28(27)20-7-10-25-21(16-20)17-32-33(25)2/h5-10,12,15-18,23,30H,3-4,11,13-14H2,2H3. The van der Waals surface area contributed by atoms with Crippen molar-refractivity contribution in [3.05, 3.63) is 78.5 Å². The van der Waals surface area contributed by atoms with Crippen molar-refractivity contribution < 1.29 is 0 Å². The number of hydrogen-bond donors (Lipinski definition) is 1. The molecule has 6 rings (SSSR count). The van der Waals surface area contributed by atoms with Crippen molar-refractivity contribution in [2.45, 2.75) is 25.3 Å². The third-order valence-corrected chi connectivity index (χ3v) is 7.02. The van der Waals surface area contributed by atoms with Gasteiger partial charge in [0.25, 0.3) is 0 Å². The van der Waals surface area contributed by atoms with Gasteiger partial charge in [0.15, 0.2) is 5.69 Å². The Bertz CT molecular complexity index is 1530. The number of hydrogen-bond acceptors (Lipinski definition) is 3. The van der Waals surface area contributed by atoms with Crippen LogP contribution in [0.1, 0.15) is 25.3 Å². The number of benzene rings is 2. The van der Waals surface area contributed by atoms with Gasteiger partial charge < -0.3 is 9.88 Å². The summed E-state index contributed by atoms with van der Waals surface area (Å²) in [7, 11) is 1.96. The van der Waals surface area contributed by atoms with Crippen LogP contribution in [0.3, 0.4) is 0 Å². The van der Waals surface area contributed by atoms with Gasteiger partial charge in [0.2, 0.25) is 0 Å². The average molecular weight is 447 g/mol. The van der Waals surface area contributed by atoms with Crippen LogP contribution < -0.4 is 5.32 Å². The molecule has 1 aliphatic heterocycles. The molecule has 1 unspecified atom stereocenters. The number of aromatic nitrogens is 4. The molecule has 0 bridgehead atoms. The van der Waals surface area contributed by atoms with Crippen molar-refractivity contribution in [3.63, 3.8) is 0 Å². The number of nitrogens with zero attached hydrogens (tertiary/aromatic N) is 5. The van der Waals surface area contributed by atoms with Gasteiger partial charge in [0.05, 0.1) is 35.7 Å². The highest BCUT2D eigenvalue weighted by molar-refractivity contribution is 6.02. The van der Waals surface area contributed by atoms with E-state index in [-0.39, 0.29) is 0 Å². The molecule has 0 amide bonds. The Morgan fingerprint density at radius 2 is 1.82 bits per heavy atom. The van der Waals surface area contributed by atoms with Crippen LogP contribution in [0.25, 0.3) is 49.0 Å². The normalized spacial score (nSPS) is 16.5. The van der Waals surface area contributed by atoms with E-state index in [1.807, 2.05) is 48.4 Å². The molecule has 2 aromatic carbocycles. The molecular weight excluding hydrogens is 420 g/mol. The Morgan fingerprint density at radius 1 is 0.971 bits per heavy atom. The first-order valence-corrected chi connectivity index (χ1v) is 11.8. The summed E-state index contributed by atoms with van der Waals surface area (Å²) < 4.78 is 4.31. The van der Waals surface area contributed by atoms with E-state index in [0.29, 0.717) is 11.7 Å². The zero-order valence-electron chi connectivity index (χ0n) is 19.2. The Balaban J connectivity index is 1.56. The van der Waals surface area contributed by atoms with Crippen molar-refractivity contribution in [2.24, 2.45) is 7.05 Å². The van der Waals surface area contributed by atoms with Crippen molar-refractivity contribution in [3.8, 4) is 22.4 Å². The van der Waals surface area contributed by atoms with E-state index in [9.17, 15) is 0 Å². The van der Waals surface area contributed by atoms with Gasteiger partial charge >= 0.3 is 0 Å². The number of rotatable bonds is 3. The molecule has 1 aliphatic rings. The second-order valence-electron chi connectivity index (χ2n) is 9.04. The van der Waals surface area contributed by atoms with E-state index in [4.69, 9.17) is 11.6 Å². The molecule has 4 heterocycles. The molecule has 1 fully saturated rings. The maximum absolute atomic E-state index is 7.34. The third kappa shape index (κ3) is 3.46. The van der Waals surface area contributed by atoms with Crippen molar-refractivity contribution in [1.29, 1.82) is 0 Å². The first kappa shape index (κ1) is 20.6. The lowest BCUT2D eigenvalue weighted by atomic mass is 9.95. The van der Waals surface area contributed by atoms with E-state index >= 15 is 0 Å². The molecule has 6 heteroatoms. The summed E-state index contributed by atoms with van der Waals surface area (Å²) in [6, 6.07) is 17.0. The van der Waals surface area contributed by atoms with E-state index in [2.05, 4.69) is 50.3 Å².